The molecule has 0 radical (unpaired) electrons. The van der Waals surface area contributed by atoms with Crippen molar-refractivity contribution >= 4 is 29.5 Å². The van der Waals surface area contributed by atoms with Crippen molar-refractivity contribution < 1.29 is 19.1 Å². The van der Waals surface area contributed by atoms with Gasteiger partial charge in [-0.15, -0.1) is 11.8 Å². The van der Waals surface area contributed by atoms with Crippen LogP contribution in [-0.4, -0.2) is 35.9 Å². The quantitative estimate of drug-likeness (QED) is 0.808. The third kappa shape index (κ3) is 5.88. The van der Waals surface area contributed by atoms with Gasteiger partial charge in [-0.3, -0.25) is 19.7 Å². The molecule has 1 rings (SSSR count). The van der Waals surface area contributed by atoms with Gasteiger partial charge in [0.05, 0.1) is 19.3 Å². The van der Waals surface area contributed by atoms with Gasteiger partial charge in [-0.25, -0.2) is 0 Å². The molecule has 0 aliphatic rings. The van der Waals surface area contributed by atoms with Crippen molar-refractivity contribution in [2.45, 2.75) is 18.6 Å². The van der Waals surface area contributed by atoms with Crippen molar-refractivity contribution in [3.05, 3.63) is 35.9 Å². The van der Waals surface area contributed by atoms with Crippen LogP contribution in [0.5, 0.6) is 0 Å². The van der Waals surface area contributed by atoms with E-state index in [1.165, 1.54) is 18.9 Å². The molecule has 0 bridgehead atoms. The Hall–Kier alpha value is -1.82. The van der Waals surface area contributed by atoms with Crippen LogP contribution in [0.15, 0.2) is 30.3 Å². The number of hydrogen-bond donors (Lipinski definition) is 1. The molecule has 20 heavy (non-hydrogen) atoms. The highest BCUT2D eigenvalue weighted by molar-refractivity contribution is 8.00. The average Bonchev–Trinajstić information content (AvgIpc) is 2.45. The first kappa shape index (κ1) is 16.2. The minimum absolute atomic E-state index is 0.0416. The fourth-order valence-corrected chi connectivity index (χ4v) is 2.18. The molecule has 1 aromatic carbocycles. The molecule has 0 heterocycles. The normalized spacial score (nSPS) is 11.5. The zero-order valence-electron chi connectivity index (χ0n) is 11.4. The largest absolute Gasteiger partial charge is 0.469 e. The van der Waals surface area contributed by atoms with Gasteiger partial charge in [0.25, 0.3) is 5.91 Å². The molecular weight excluding hydrogens is 278 g/mol. The fourth-order valence-electron chi connectivity index (χ4n) is 1.42. The molecule has 0 saturated heterocycles. The first-order valence-corrected chi connectivity index (χ1v) is 7.15. The van der Waals surface area contributed by atoms with Crippen LogP contribution in [0, 0.1) is 0 Å². The summed E-state index contributed by atoms with van der Waals surface area (Å²) in [5.41, 5.74) is 0.438. The molecule has 2 amide bonds. The number of methoxy groups -OCH3 is 1. The number of carbonyl (C=O) groups is 3. The van der Waals surface area contributed by atoms with Crippen LogP contribution in [0.2, 0.25) is 0 Å². The van der Waals surface area contributed by atoms with Gasteiger partial charge in [0.1, 0.15) is 0 Å². The molecule has 0 fully saturated rings. The Bertz CT molecular complexity index is 475. The molecule has 1 N–H and O–H groups in total. The number of carbonyl (C=O) groups excluding carboxylic acids is 3. The predicted molar refractivity (Wildman–Crippen MR) is 77.5 cm³/mol. The molecule has 1 atom stereocenters. The smallest absolute Gasteiger partial charge is 0.306 e. The molecule has 1 unspecified atom stereocenters. The molecule has 0 saturated carbocycles. The summed E-state index contributed by atoms with van der Waals surface area (Å²) in [6, 6.07) is 8.52. The Balaban J connectivity index is 2.33. The third-order valence-electron chi connectivity index (χ3n) is 2.47. The van der Waals surface area contributed by atoms with Gasteiger partial charge in [-0.2, -0.15) is 0 Å². The lowest BCUT2D eigenvalue weighted by atomic mass is 10.2. The predicted octanol–water partition coefficient (Wildman–Crippen LogP) is 1.63. The lowest BCUT2D eigenvalue weighted by Gasteiger charge is -2.09. The van der Waals surface area contributed by atoms with Crippen LogP contribution >= 0.6 is 11.8 Å². The highest BCUT2D eigenvalue weighted by Crippen LogP contribution is 2.14. The monoisotopic (exact) mass is 295 g/mol. The van der Waals surface area contributed by atoms with Crippen LogP contribution in [0.3, 0.4) is 0 Å². The third-order valence-corrected chi connectivity index (χ3v) is 3.63. The summed E-state index contributed by atoms with van der Waals surface area (Å²) in [5, 5.41) is 2.26. The number of nitrogens with one attached hydrogen (secondary N) is 1. The minimum Gasteiger partial charge on any atom is -0.469 e. The minimum atomic E-state index is -0.420. The van der Waals surface area contributed by atoms with Crippen LogP contribution in [0.4, 0.5) is 0 Å². The number of ether oxygens (including phenoxy) is 1. The molecule has 0 aliphatic carbocycles. The highest BCUT2D eigenvalue weighted by Gasteiger charge is 2.14. The van der Waals surface area contributed by atoms with Gasteiger partial charge >= 0.3 is 5.97 Å². The summed E-state index contributed by atoms with van der Waals surface area (Å²) in [6.07, 6.45) is 0.237. The maximum Gasteiger partial charge on any atom is 0.306 e. The Labute approximate surface area is 122 Å². The number of hydrogen-bond acceptors (Lipinski definition) is 5. The van der Waals surface area contributed by atoms with Crippen molar-refractivity contribution in [1.82, 2.24) is 5.32 Å². The van der Waals surface area contributed by atoms with E-state index in [2.05, 4.69) is 10.1 Å². The lowest BCUT2D eigenvalue weighted by Crippen LogP contribution is -2.32. The Kier molecular flexibility index (Phi) is 6.79. The molecule has 0 aromatic heterocycles. The molecule has 0 spiro atoms. The number of amides is 2. The second-order valence-electron chi connectivity index (χ2n) is 4.15. The second-order valence-corrected chi connectivity index (χ2v) is 5.57. The molecular formula is C14H17NO4S. The van der Waals surface area contributed by atoms with Crippen LogP contribution in [-0.2, 0) is 14.3 Å². The highest BCUT2D eigenvalue weighted by atomic mass is 32.2. The van der Waals surface area contributed by atoms with E-state index < -0.39 is 5.91 Å². The van der Waals surface area contributed by atoms with E-state index in [1.54, 1.807) is 30.3 Å². The van der Waals surface area contributed by atoms with Crippen LogP contribution in [0.1, 0.15) is 23.7 Å². The van der Waals surface area contributed by atoms with E-state index in [9.17, 15) is 14.4 Å². The first-order chi connectivity index (χ1) is 9.52. The average molecular weight is 295 g/mol. The lowest BCUT2D eigenvalue weighted by molar-refractivity contribution is -0.140. The zero-order chi connectivity index (χ0) is 15.0. The number of thioether (sulfide) groups is 1. The zero-order valence-corrected chi connectivity index (χ0v) is 12.2. The van der Waals surface area contributed by atoms with Gasteiger partial charge in [0.15, 0.2) is 0 Å². The van der Waals surface area contributed by atoms with E-state index in [-0.39, 0.29) is 29.3 Å². The van der Waals surface area contributed by atoms with Crippen molar-refractivity contribution in [3.8, 4) is 0 Å². The summed E-state index contributed by atoms with van der Waals surface area (Å²) in [4.78, 5) is 34.4. The van der Waals surface area contributed by atoms with Crippen molar-refractivity contribution in [1.29, 1.82) is 0 Å². The molecule has 1 aromatic rings. The Morgan fingerprint density at radius 3 is 2.50 bits per heavy atom. The van der Waals surface area contributed by atoms with Gasteiger partial charge in [0, 0.05) is 10.8 Å². The molecule has 108 valence electrons. The van der Waals surface area contributed by atoms with Gasteiger partial charge in [0.2, 0.25) is 5.91 Å². The summed E-state index contributed by atoms with van der Waals surface area (Å²) >= 11 is 1.30. The SMILES string of the molecule is COC(=O)CC(C)SCC(=O)NC(=O)c1ccccc1. The molecule has 6 heteroatoms. The maximum atomic E-state index is 11.7. The van der Waals surface area contributed by atoms with E-state index in [0.29, 0.717) is 5.56 Å². The number of benzene rings is 1. The van der Waals surface area contributed by atoms with E-state index in [0.717, 1.165) is 0 Å². The first-order valence-electron chi connectivity index (χ1n) is 6.10. The van der Waals surface area contributed by atoms with Crippen LogP contribution < -0.4 is 5.32 Å². The van der Waals surface area contributed by atoms with Crippen molar-refractivity contribution in [2.75, 3.05) is 12.9 Å². The summed E-state index contributed by atoms with van der Waals surface area (Å²) < 4.78 is 4.54. The van der Waals surface area contributed by atoms with Gasteiger partial charge in [-0.05, 0) is 12.1 Å². The van der Waals surface area contributed by atoms with Crippen LogP contribution in [0.25, 0.3) is 0 Å². The van der Waals surface area contributed by atoms with Gasteiger partial charge in [-0.1, -0.05) is 25.1 Å². The topological polar surface area (TPSA) is 72.5 Å². The van der Waals surface area contributed by atoms with E-state index in [4.69, 9.17) is 0 Å². The van der Waals surface area contributed by atoms with Gasteiger partial charge < -0.3 is 4.74 Å². The van der Waals surface area contributed by atoms with Crippen molar-refractivity contribution in [2.24, 2.45) is 0 Å². The second kappa shape index (κ2) is 8.37. The number of imide groups is 1. The molecule has 5 nitrogen and oxygen atoms in total. The van der Waals surface area contributed by atoms with E-state index >= 15 is 0 Å². The summed E-state index contributed by atoms with van der Waals surface area (Å²) in [5.74, 6) is -0.986. The number of esters is 1. The maximum absolute atomic E-state index is 11.7. The summed E-state index contributed by atoms with van der Waals surface area (Å²) in [6.45, 7) is 1.83. The Morgan fingerprint density at radius 1 is 1.25 bits per heavy atom. The fraction of sp³-hybridized carbons (Fsp3) is 0.357. The standard InChI is InChI=1S/C14H17NO4S/c1-10(8-13(17)19-2)20-9-12(16)15-14(18)11-6-4-3-5-7-11/h3-7,10H,8-9H2,1-2H3,(H,15,16,18). The Morgan fingerprint density at radius 2 is 1.90 bits per heavy atom. The number of rotatable bonds is 6. The van der Waals surface area contributed by atoms with E-state index in [1.807, 2.05) is 6.92 Å². The van der Waals surface area contributed by atoms with Crippen molar-refractivity contribution in [3.63, 3.8) is 0 Å². The summed E-state index contributed by atoms with van der Waals surface area (Å²) in [7, 11) is 1.32. The molecule has 0 aliphatic heterocycles.